The second kappa shape index (κ2) is 8.82. The first-order valence-corrected chi connectivity index (χ1v) is 7.37. The monoisotopic (exact) mass is 303 g/mol. The summed E-state index contributed by atoms with van der Waals surface area (Å²) in [5.41, 5.74) is 0. The zero-order valence-electron chi connectivity index (χ0n) is 13.8. The van der Waals surface area contributed by atoms with E-state index >= 15 is 0 Å². The lowest BCUT2D eigenvalue weighted by molar-refractivity contribution is -0.914. The molecule has 124 valence electrons. The molecule has 0 bridgehead atoms. The van der Waals surface area contributed by atoms with Crippen LogP contribution in [0, 0.1) is 5.21 Å². The highest BCUT2D eigenvalue weighted by molar-refractivity contribution is 4.97. The fourth-order valence-electron chi connectivity index (χ4n) is 3.22. The number of hydrogen-bond acceptors (Lipinski definition) is 5. The Hall–Kier alpha value is -0.500. The number of methoxy groups -OCH3 is 4. The van der Waals surface area contributed by atoms with Crippen LogP contribution in [0.15, 0.2) is 12.2 Å². The third-order valence-electron chi connectivity index (χ3n) is 4.22. The van der Waals surface area contributed by atoms with Gasteiger partial charge in [0.05, 0.1) is 6.54 Å². The van der Waals surface area contributed by atoms with E-state index in [0.29, 0.717) is 19.8 Å². The molecule has 0 aromatic heterocycles. The molecular weight excluding hydrogens is 274 g/mol. The average Bonchev–Trinajstić information content (AvgIpc) is 2.70. The number of quaternary nitrogens is 1. The van der Waals surface area contributed by atoms with Gasteiger partial charge in [-0.25, -0.2) is 0 Å². The lowest BCUT2D eigenvalue weighted by Gasteiger charge is -2.48. The largest absolute Gasteiger partial charge is 0.632 e. The lowest BCUT2D eigenvalue weighted by atomic mass is 10.1. The summed E-state index contributed by atoms with van der Waals surface area (Å²) in [6, 6.07) is -0.654. The third-order valence-corrected chi connectivity index (χ3v) is 4.22. The van der Waals surface area contributed by atoms with Gasteiger partial charge in [0, 0.05) is 28.4 Å². The quantitative estimate of drug-likeness (QED) is 0.365. The van der Waals surface area contributed by atoms with E-state index in [1.54, 1.807) is 28.4 Å². The zero-order chi connectivity index (χ0) is 15.9. The second-order valence-electron chi connectivity index (χ2n) is 5.36. The van der Waals surface area contributed by atoms with E-state index in [1.807, 2.05) is 19.1 Å². The van der Waals surface area contributed by atoms with Crippen LogP contribution in [0.25, 0.3) is 0 Å². The van der Waals surface area contributed by atoms with E-state index in [0.717, 1.165) is 6.42 Å². The van der Waals surface area contributed by atoms with Crippen molar-refractivity contribution in [3.63, 3.8) is 0 Å². The molecule has 21 heavy (non-hydrogen) atoms. The van der Waals surface area contributed by atoms with E-state index in [1.165, 1.54) is 0 Å². The molecule has 6 heteroatoms. The fraction of sp³-hybridized carbons (Fsp3) is 0.867. The molecule has 0 unspecified atom stereocenters. The van der Waals surface area contributed by atoms with Gasteiger partial charge >= 0.3 is 0 Å². The summed E-state index contributed by atoms with van der Waals surface area (Å²) < 4.78 is 21.2. The molecule has 6 nitrogen and oxygen atoms in total. The summed E-state index contributed by atoms with van der Waals surface area (Å²) in [6.07, 6.45) is 4.24. The van der Waals surface area contributed by atoms with E-state index in [2.05, 4.69) is 0 Å². The molecular formula is C15H29NO5. The Morgan fingerprint density at radius 3 is 1.71 bits per heavy atom. The summed E-state index contributed by atoms with van der Waals surface area (Å²) in [4.78, 5) is 0. The van der Waals surface area contributed by atoms with Gasteiger partial charge in [-0.15, -0.1) is 0 Å². The molecule has 1 heterocycles. The topological polar surface area (TPSA) is 60.0 Å². The minimum Gasteiger partial charge on any atom is -0.632 e. The molecule has 1 aliphatic heterocycles. The van der Waals surface area contributed by atoms with Gasteiger partial charge in [0.25, 0.3) is 0 Å². The number of likely N-dealkylation sites (tertiary alicyclic amines) is 1. The maximum atomic E-state index is 13.5. The summed E-state index contributed by atoms with van der Waals surface area (Å²) in [6.45, 7) is 3.09. The predicted molar refractivity (Wildman–Crippen MR) is 80.8 cm³/mol. The average molecular weight is 303 g/mol. The van der Waals surface area contributed by atoms with Crippen LogP contribution in [0.3, 0.4) is 0 Å². The second-order valence-corrected chi connectivity index (χ2v) is 5.36. The normalized spacial score (nSPS) is 36.7. The van der Waals surface area contributed by atoms with Crippen molar-refractivity contribution in [2.45, 2.75) is 37.6 Å². The van der Waals surface area contributed by atoms with E-state index in [9.17, 15) is 5.21 Å². The summed E-state index contributed by atoms with van der Waals surface area (Å²) >= 11 is 0. The lowest BCUT2D eigenvalue weighted by Crippen LogP contribution is -2.57. The molecule has 1 fully saturated rings. The molecule has 0 saturated carbocycles. The molecule has 0 N–H and O–H groups in total. The van der Waals surface area contributed by atoms with Gasteiger partial charge in [-0.1, -0.05) is 13.0 Å². The Morgan fingerprint density at radius 1 is 0.905 bits per heavy atom. The van der Waals surface area contributed by atoms with E-state index < -0.39 is 4.65 Å². The maximum Gasteiger partial charge on any atom is 0.143 e. The number of allylic oxidation sites excluding steroid dienone is 1. The zero-order valence-corrected chi connectivity index (χ0v) is 13.8. The van der Waals surface area contributed by atoms with Gasteiger partial charge < -0.3 is 28.8 Å². The van der Waals surface area contributed by atoms with Gasteiger partial charge in [-0.2, -0.15) is 0 Å². The van der Waals surface area contributed by atoms with Crippen LogP contribution in [0.1, 0.15) is 13.3 Å². The van der Waals surface area contributed by atoms with Crippen LogP contribution in [0.2, 0.25) is 0 Å². The van der Waals surface area contributed by atoms with Crippen molar-refractivity contribution >= 4 is 0 Å². The predicted octanol–water partition coefficient (Wildman–Crippen LogP) is 1.34. The Bertz CT molecular complexity index is 303. The van der Waals surface area contributed by atoms with Crippen LogP contribution in [-0.2, 0) is 18.9 Å². The van der Waals surface area contributed by atoms with Crippen molar-refractivity contribution in [3.05, 3.63) is 17.4 Å². The molecule has 1 saturated heterocycles. The first-order chi connectivity index (χ1) is 10.1. The van der Waals surface area contributed by atoms with Crippen LogP contribution in [0.4, 0.5) is 0 Å². The summed E-state index contributed by atoms with van der Waals surface area (Å²) in [7, 11) is 6.43. The van der Waals surface area contributed by atoms with Gasteiger partial charge in [-0.05, 0) is 12.5 Å². The number of hydrogen-bond donors (Lipinski definition) is 0. The van der Waals surface area contributed by atoms with Crippen molar-refractivity contribution < 1.29 is 23.6 Å². The Balaban J connectivity index is 3.11. The molecule has 0 radical (unpaired) electrons. The number of ether oxygens (including phenoxy) is 4. The van der Waals surface area contributed by atoms with Gasteiger partial charge in [-0.3, -0.25) is 0 Å². The standard InChI is InChI=1S/C15H29NO5/c1-6-7-8-9-16(17)12(10-18-2)14(20-4)15(21-5)13(16)11-19-3/h7-8,12-15H,6,9-11H2,1-5H3/b8-7+/t12-,13-,14+,15+/m0/s1. The number of hydroxylamine groups is 3. The van der Waals surface area contributed by atoms with Crippen molar-refractivity contribution in [2.24, 2.45) is 0 Å². The third kappa shape index (κ3) is 3.83. The first-order valence-electron chi connectivity index (χ1n) is 7.37. The van der Waals surface area contributed by atoms with E-state index in [4.69, 9.17) is 18.9 Å². The Labute approximate surface area is 127 Å². The van der Waals surface area contributed by atoms with Crippen molar-refractivity contribution in [1.82, 2.24) is 0 Å². The smallest absolute Gasteiger partial charge is 0.143 e. The highest BCUT2D eigenvalue weighted by atomic mass is 16.6. The van der Waals surface area contributed by atoms with Crippen LogP contribution < -0.4 is 0 Å². The Morgan fingerprint density at radius 2 is 1.38 bits per heavy atom. The fourth-order valence-corrected chi connectivity index (χ4v) is 3.22. The van der Waals surface area contributed by atoms with Gasteiger partial charge in [0.2, 0.25) is 0 Å². The van der Waals surface area contributed by atoms with Crippen molar-refractivity contribution in [3.8, 4) is 0 Å². The van der Waals surface area contributed by atoms with Crippen LogP contribution >= 0.6 is 0 Å². The molecule has 0 aliphatic carbocycles. The number of nitrogens with zero attached hydrogens (tertiary/aromatic N) is 1. The molecule has 0 spiro atoms. The first kappa shape index (κ1) is 18.5. The van der Waals surface area contributed by atoms with Crippen molar-refractivity contribution in [1.29, 1.82) is 0 Å². The molecule has 1 aliphatic rings. The van der Waals surface area contributed by atoms with Crippen LogP contribution in [-0.4, -0.2) is 77.1 Å². The highest BCUT2D eigenvalue weighted by Crippen LogP contribution is 2.36. The summed E-state index contributed by atoms with van der Waals surface area (Å²) in [5.74, 6) is 0. The molecule has 0 aromatic carbocycles. The molecule has 0 aromatic rings. The minimum atomic E-state index is -0.435. The van der Waals surface area contributed by atoms with Crippen LogP contribution in [0.5, 0.6) is 0 Å². The van der Waals surface area contributed by atoms with Gasteiger partial charge in [0.15, 0.2) is 0 Å². The van der Waals surface area contributed by atoms with Gasteiger partial charge in [0.1, 0.15) is 37.5 Å². The highest BCUT2D eigenvalue weighted by Gasteiger charge is 2.57. The van der Waals surface area contributed by atoms with Crippen molar-refractivity contribution in [2.75, 3.05) is 48.2 Å². The number of rotatable bonds is 9. The van der Waals surface area contributed by atoms with E-state index in [-0.39, 0.29) is 24.3 Å². The minimum absolute atomic E-state index is 0.303. The maximum absolute atomic E-state index is 13.5. The molecule has 1 rings (SSSR count). The summed E-state index contributed by atoms with van der Waals surface area (Å²) in [5, 5.41) is 13.5. The molecule has 4 atom stereocenters. The SMILES string of the molecule is CC/C=C/C[N+]1([O-])[C@@H](COC)[C@@H](OC)[C@H](OC)[C@@H]1COC. The Kier molecular flexibility index (Phi) is 7.79. The molecule has 0 amide bonds.